The van der Waals surface area contributed by atoms with Gasteiger partial charge in [0.15, 0.2) is 5.75 Å². The van der Waals surface area contributed by atoms with Crippen molar-refractivity contribution in [2.75, 3.05) is 13.7 Å². The van der Waals surface area contributed by atoms with E-state index in [4.69, 9.17) is 15.3 Å². The van der Waals surface area contributed by atoms with Crippen LogP contribution in [0.1, 0.15) is 27.2 Å². The van der Waals surface area contributed by atoms with Gasteiger partial charge >= 0.3 is 15.6 Å². The molecule has 6 nitrogen and oxygen atoms in total. The van der Waals surface area contributed by atoms with E-state index in [1.807, 2.05) is 0 Å². The molecule has 0 unspecified atom stereocenters. The van der Waals surface area contributed by atoms with Gasteiger partial charge in [-0.2, -0.15) is 39.2 Å². The van der Waals surface area contributed by atoms with E-state index in [-0.39, 0.29) is 6.61 Å². The Kier molecular flexibility index (Phi) is 18.2. The van der Waals surface area contributed by atoms with E-state index < -0.39 is 85.3 Å². The van der Waals surface area contributed by atoms with Crippen LogP contribution in [0.2, 0.25) is 0 Å². The molecule has 0 aliphatic rings. The quantitative estimate of drug-likeness (QED) is 0.130. The van der Waals surface area contributed by atoms with E-state index >= 15 is 0 Å². The lowest BCUT2D eigenvalue weighted by atomic mass is 10.3. The summed E-state index contributed by atoms with van der Waals surface area (Å²) >= 11 is 0. The largest absolute Gasteiger partial charge is 0.534 e. The maximum absolute atomic E-state index is 12.8. The number of hydrogen-bond donors (Lipinski definition) is 3. The van der Waals surface area contributed by atoms with Crippen molar-refractivity contribution in [3.8, 4) is 11.5 Å². The fraction of sp³-hybridized carbons (Fsp3) is 0.368. The molecule has 0 aromatic heterocycles. The molecule has 0 heterocycles. The summed E-state index contributed by atoms with van der Waals surface area (Å²) in [5.41, 5.74) is -6.10. The molecule has 20 heteroatoms. The van der Waals surface area contributed by atoms with Crippen molar-refractivity contribution in [3.63, 3.8) is 0 Å². The Morgan fingerprint density at radius 2 is 0.821 bits per heavy atom. The maximum atomic E-state index is 12.8. The molecule has 0 radical (unpaired) electrons. The van der Waals surface area contributed by atoms with Gasteiger partial charge in [0.05, 0.1) is 0 Å². The lowest BCUT2D eigenvalue weighted by Crippen LogP contribution is -2.29. The van der Waals surface area contributed by atoms with Crippen molar-refractivity contribution < 1.29 is 85.0 Å². The molecule has 0 amide bonds. The summed E-state index contributed by atoms with van der Waals surface area (Å²) in [5, 5.41) is 22.9. The van der Waals surface area contributed by atoms with Crippen LogP contribution in [0.15, 0.2) is 0 Å². The van der Waals surface area contributed by atoms with E-state index in [1.54, 1.807) is 6.92 Å². The summed E-state index contributed by atoms with van der Waals surface area (Å²) in [6, 6.07) is 0. The summed E-state index contributed by atoms with van der Waals surface area (Å²) in [4.78, 5) is 0. The van der Waals surface area contributed by atoms with Crippen LogP contribution in [0.25, 0.3) is 0 Å². The van der Waals surface area contributed by atoms with E-state index in [9.17, 15) is 65.5 Å². The Balaban J connectivity index is -0.000000552. The van der Waals surface area contributed by atoms with Gasteiger partial charge in [-0.05, 0) is 6.92 Å². The standard InChI is InChI=1S/C7F8O3S.C6HF5O.C3H8.C2H6O.CH4O/c8-1-2(9)4(11)6(5(12)3(1)10)18-19(16,17)7(13,14)15;7-1-2(8)4(10)6(12)5(11)3(1)9;1-3-2;1-2-3;1-2/h;12H;3H2,1-2H3;3H,2H2,1H3;2H,1H3. The highest BCUT2D eigenvalue weighted by atomic mass is 32.2. The Morgan fingerprint density at radius 3 is 1.05 bits per heavy atom. The first-order valence-corrected chi connectivity index (χ1v) is 10.9. The van der Waals surface area contributed by atoms with Crippen molar-refractivity contribution in [2.45, 2.75) is 32.7 Å². The number of phenolic OH excluding ortho intramolecular Hbond substituents is 1. The second-order valence-electron chi connectivity index (χ2n) is 5.82. The number of halogens is 13. The van der Waals surface area contributed by atoms with Gasteiger partial charge in [0.1, 0.15) is 0 Å². The molecule has 0 bridgehead atoms. The summed E-state index contributed by atoms with van der Waals surface area (Å²) in [7, 11) is -5.58. The topological polar surface area (TPSA) is 104 Å². The lowest BCUT2D eigenvalue weighted by Gasteiger charge is -2.11. The highest BCUT2D eigenvalue weighted by Crippen LogP contribution is 2.33. The number of hydrogen-bond acceptors (Lipinski definition) is 6. The summed E-state index contributed by atoms with van der Waals surface area (Å²) in [6.45, 7) is 6.18. The second kappa shape index (κ2) is 17.6. The average Bonchev–Trinajstić information content (AvgIpc) is 2.87. The highest BCUT2D eigenvalue weighted by molar-refractivity contribution is 7.88. The van der Waals surface area contributed by atoms with Crippen LogP contribution in [0.4, 0.5) is 57.1 Å². The SMILES string of the molecule is CCC.CCO.CO.O=S(=O)(Oc1c(F)c(F)c(F)c(F)c1F)C(F)(F)F.Oc1c(F)c(F)c(F)c(F)c1F. The molecular formula is C19H19F13O6S. The molecule has 0 fully saturated rings. The lowest BCUT2D eigenvalue weighted by molar-refractivity contribution is -0.0502. The zero-order chi connectivity index (χ0) is 32.0. The van der Waals surface area contributed by atoms with Gasteiger partial charge in [0.2, 0.25) is 63.9 Å². The third-order valence-corrected chi connectivity index (χ3v) is 3.79. The molecule has 2 aromatic carbocycles. The highest BCUT2D eigenvalue weighted by Gasteiger charge is 2.50. The van der Waals surface area contributed by atoms with Crippen molar-refractivity contribution in [2.24, 2.45) is 0 Å². The predicted molar refractivity (Wildman–Crippen MR) is 107 cm³/mol. The number of alkyl halides is 3. The van der Waals surface area contributed by atoms with Crippen molar-refractivity contribution in [1.82, 2.24) is 0 Å². The molecular weight excluding hydrogens is 603 g/mol. The van der Waals surface area contributed by atoms with E-state index in [0.29, 0.717) is 0 Å². The molecule has 0 saturated heterocycles. The Bertz CT molecular complexity index is 1040. The smallest absolute Gasteiger partial charge is 0.503 e. The number of phenols is 1. The fourth-order valence-electron chi connectivity index (χ4n) is 1.41. The van der Waals surface area contributed by atoms with Gasteiger partial charge in [0, 0.05) is 13.7 Å². The first-order chi connectivity index (χ1) is 17.7. The van der Waals surface area contributed by atoms with Gasteiger partial charge < -0.3 is 19.5 Å². The Hall–Kier alpha value is -3.00. The number of aromatic hydroxyl groups is 1. The number of aliphatic hydroxyl groups is 2. The number of aliphatic hydroxyl groups excluding tert-OH is 2. The molecule has 2 aromatic rings. The molecule has 0 saturated carbocycles. The van der Waals surface area contributed by atoms with Crippen LogP contribution in [-0.2, 0) is 10.1 Å². The third-order valence-electron chi connectivity index (χ3n) is 2.83. The van der Waals surface area contributed by atoms with Gasteiger partial charge in [-0.15, -0.1) is 0 Å². The van der Waals surface area contributed by atoms with E-state index in [2.05, 4.69) is 18.0 Å². The number of rotatable bonds is 2. The van der Waals surface area contributed by atoms with Gasteiger partial charge in [-0.25, -0.2) is 26.3 Å². The molecule has 0 aliphatic carbocycles. The van der Waals surface area contributed by atoms with E-state index in [0.717, 1.165) is 7.11 Å². The maximum Gasteiger partial charge on any atom is 0.534 e. The minimum Gasteiger partial charge on any atom is -0.503 e. The van der Waals surface area contributed by atoms with E-state index in [1.165, 1.54) is 6.42 Å². The minimum absolute atomic E-state index is 0.250. The van der Waals surface area contributed by atoms with Gasteiger partial charge in [0.25, 0.3) is 0 Å². The average molecular weight is 622 g/mol. The first-order valence-electron chi connectivity index (χ1n) is 9.47. The summed E-state index contributed by atoms with van der Waals surface area (Å²) in [6.07, 6.45) is 1.25. The summed E-state index contributed by atoms with van der Waals surface area (Å²) in [5.74, 6) is -29.2. The normalized spacial score (nSPS) is 10.4. The van der Waals surface area contributed by atoms with Gasteiger partial charge in [-0.3, -0.25) is 0 Å². The molecule has 0 spiro atoms. The molecule has 0 aliphatic heterocycles. The second-order valence-corrected chi connectivity index (χ2v) is 7.36. The monoisotopic (exact) mass is 622 g/mol. The Morgan fingerprint density at radius 1 is 0.615 bits per heavy atom. The van der Waals surface area contributed by atoms with Crippen molar-refractivity contribution in [1.29, 1.82) is 0 Å². The molecule has 0 atom stereocenters. The third kappa shape index (κ3) is 10.9. The Labute approximate surface area is 212 Å². The van der Waals surface area contributed by atoms with Crippen LogP contribution >= 0.6 is 0 Å². The molecule has 3 N–H and O–H groups in total. The van der Waals surface area contributed by atoms with Crippen LogP contribution in [-0.4, -0.2) is 43.0 Å². The van der Waals surface area contributed by atoms with Crippen molar-refractivity contribution in [3.05, 3.63) is 58.2 Å². The number of benzene rings is 2. The zero-order valence-corrected chi connectivity index (χ0v) is 20.6. The zero-order valence-electron chi connectivity index (χ0n) is 19.8. The van der Waals surface area contributed by atoms with Crippen molar-refractivity contribution >= 4 is 10.1 Å². The van der Waals surface area contributed by atoms with Crippen LogP contribution in [0, 0.1) is 58.2 Å². The van der Waals surface area contributed by atoms with Crippen LogP contribution < -0.4 is 4.18 Å². The predicted octanol–water partition coefficient (Wildman–Crippen LogP) is 5.72. The minimum atomic E-state index is -6.58. The molecule has 39 heavy (non-hydrogen) atoms. The fourth-order valence-corrected chi connectivity index (χ4v) is 1.87. The van der Waals surface area contributed by atoms with Crippen LogP contribution in [0.3, 0.4) is 0 Å². The molecule has 228 valence electrons. The summed E-state index contributed by atoms with van der Waals surface area (Å²) < 4.78 is 183. The molecule has 2 rings (SSSR count). The van der Waals surface area contributed by atoms with Crippen LogP contribution in [0.5, 0.6) is 11.5 Å². The van der Waals surface area contributed by atoms with Gasteiger partial charge in [-0.1, -0.05) is 20.3 Å². The first kappa shape index (κ1) is 40.5.